The van der Waals surface area contributed by atoms with Crippen LogP contribution in [0.15, 0.2) is 24.5 Å². The highest BCUT2D eigenvalue weighted by Gasteiger charge is 2.19. The van der Waals surface area contributed by atoms with Crippen LogP contribution in [0.4, 0.5) is 0 Å². The van der Waals surface area contributed by atoms with E-state index in [2.05, 4.69) is 35.9 Å². The molecule has 2 rings (SSSR count). The molecule has 0 spiro atoms. The molecule has 1 atom stereocenters. The van der Waals surface area contributed by atoms with Gasteiger partial charge in [0.05, 0.1) is 12.7 Å². The SMILES string of the molecule is CC(C)OCCCN(Cc1ccncc1)CC1CCOC1. The van der Waals surface area contributed by atoms with Crippen LogP contribution in [0.1, 0.15) is 32.3 Å². The van der Waals surface area contributed by atoms with Gasteiger partial charge in [0, 0.05) is 45.2 Å². The third-order valence-electron chi connectivity index (χ3n) is 3.77. The summed E-state index contributed by atoms with van der Waals surface area (Å²) in [6.07, 6.45) is 6.33. The third-order valence-corrected chi connectivity index (χ3v) is 3.77. The lowest BCUT2D eigenvalue weighted by Gasteiger charge is -2.25. The zero-order valence-electron chi connectivity index (χ0n) is 13.3. The van der Waals surface area contributed by atoms with Gasteiger partial charge < -0.3 is 9.47 Å². The van der Waals surface area contributed by atoms with Crippen molar-refractivity contribution in [1.29, 1.82) is 0 Å². The van der Waals surface area contributed by atoms with E-state index in [0.717, 1.165) is 45.9 Å². The largest absolute Gasteiger partial charge is 0.381 e. The minimum atomic E-state index is 0.321. The Morgan fingerprint density at radius 2 is 2.19 bits per heavy atom. The number of pyridine rings is 1. The van der Waals surface area contributed by atoms with Gasteiger partial charge >= 0.3 is 0 Å². The maximum atomic E-state index is 5.65. The van der Waals surface area contributed by atoms with E-state index < -0.39 is 0 Å². The van der Waals surface area contributed by atoms with Crippen LogP contribution in [0.25, 0.3) is 0 Å². The molecule has 0 radical (unpaired) electrons. The molecule has 1 aromatic rings. The summed E-state index contributed by atoms with van der Waals surface area (Å²) in [6.45, 7) is 10.0. The Kier molecular flexibility index (Phi) is 7.13. The van der Waals surface area contributed by atoms with E-state index in [1.807, 2.05) is 12.4 Å². The molecule has 1 unspecified atom stereocenters. The van der Waals surface area contributed by atoms with Crippen LogP contribution < -0.4 is 0 Å². The van der Waals surface area contributed by atoms with Gasteiger partial charge in [-0.3, -0.25) is 9.88 Å². The van der Waals surface area contributed by atoms with Crippen molar-refractivity contribution < 1.29 is 9.47 Å². The molecular weight excluding hydrogens is 264 g/mol. The second-order valence-electron chi connectivity index (χ2n) is 6.09. The molecule has 4 heteroatoms. The number of ether oxygens (including phenoxy) is 2. The molecular formula is C17H28N2O2. The van der Waals surface area contributed by atoms with Crippen LogP contribution in [0.3, 0.4) is 0 Å². The Morgan fingerprint density at radius 1 is 1.38 bits per heavy atom. The summed E-state index contributed by atoms with van der Waals surface area (Å²) >= 11 is 0. The van der Waals surface area contributed by atoms with Crippen LogP contribution in [0, 0.1) is 5.92 Å². The number of hydrogen-bond acceptors (Lipinski definition) is 4. The summed E-state index contributed by atoms with van der Waals surface area (Å²) < 4.78 is 11.2. The van der Waals surface area contributed by atoms with Crippen molar-refractivity contribution in [3.8, 4) is 0 Å². The van der Waals surface area contributed by atoms with Crippen molar-refractivity contribution in [2.24, 2.45) is 5.92 Å². The highest BCUT2D eigenvalue weighted by molar-refractivity contribution is 5.09. The van der Waals surface area contributed by atoms with Crippen LogP contribution in [-0.4, -0.2) is 48.9 Å². The van der Waals surface area contributed by atoms with Gasteiger partial charge in [-0.05, 0) is 50.3 Å². The molecule has 2 heterocycles. The Morgan fingerprint density at radius 3 is 2.86 bits per heavy atom. The minimum absolute atomic E-state index is 0.321. The van der Waals surface area contributed by atoms with Gasteiger partial charge in [0.2, 0.25) is 0 Å². The normalized spacial score (nSPS) is 18.8. The highest BCUT2D eigenvalue weighted by atomic mass is 16.5. The first-order valence-electron chi connectivity index (χ1n) is 8.04. The quantitative estimate of drug-likeness (QED) is 0.656. The molecule has 0 saturated carbocycles. The van der Waals surface area contributed by atoms with Crippen molar-refractivity contribution >= 4 is 0 Å². The second kappa shape index (κ2) is 9.13. The Hall–Kier alpha value is -0.970. The van der Waals surface area contributed by atoms with E-state index in [-0.39, 0.29) is 0 Å². The van der Waals surface area contributed by atoms with Crippen LogP contribution in [0.5, 0.6) is 0 Å². The van der Waals surface area contributed by atoms with Crippen molar-refractivity contribution in [3.05, 3.63) is 30.1 Å². The van der Waals surface area contributed by atoms with E-state index in [1.165, 1.54) is 12.0 Å². The predicted octanol–water partition coefficient (Wildman–Crippen LogP) is 2.74. The lowest BCUT2D eigenvalue weighted by molar-refractivity contribution is 0.0681. The predicted molar refractivity (Wildman–Crippen MR) is 84.1 cm³/mol. The monoisotopic (exact) mass is 292 g/mol. The summed E-state index contributed by atoms with van der Waals surface area (Å²) in [5.74, 6) is 0.679. The van der Waals surface area contributed by atoms with Crippen LogP contribution >= 0.6 is 0 Å². The zero-order chi connectivity index (χ0) is 14.9. The molecule has 0 aromatic carbocycles. The first-order chi connectivity index (χ1) is 10.2. The second-order valence-corrected chi connectivity index (χ2v) is 6.09. The number of rotatable bonds is 9. The summed E-state index contributed by atoms with van der Waals surface area (Å²) in [7, 11) is 0. The average Bonchev–Trinajstić information content (AvgIpc) is 2.97. The Bertz CT molecular complexity index is 378. The number of aromatic nitrogens is 1. The highest BCUT2D eigenvalue weighted by Crippen LogP contribution is 2.16. The van der Waals surface area contributed by atoms with Crippen molar-refractivity contribution in [1.82, 2.24) is 9.88 Å². The average molecular weight is 292 g/mol. The molecule has 21 heavy (non-hydrogen) atoms. The van der Waals surface area contributed by atoms with E-state index in [0.29, 0.717) is 12.0 Å². The number of hydrogen-bond donors (Lipinski definition) is 0. The Balaban J connectivity index is 1.80. The molecule has 118 valence electrons. The summed E-state index contributed by atoms with van der Waals surface area (Å²) in [6, 6.07) is 4.20. The van der Waals surface area contributed by atoms with Gasteiger partial charge in [0.15, 0.2) is 0 Å². The van der Waals surface area contributed by atoms with Gasteiger partial charge in [-0.1, -0.05) is 0 Å². The van der Waals surface area contributed by atoms with Crippen molar-refractivity contribution in [2.75, 3.05) is 32.9 Å². The molecule has 1 aromatic heterocycles. The van der Waals surface area contributed by atoms with Crippen LogP contribution in [0.2, 0.25) is 0 Å². The van der Waals surface area contributed by atoms with E-state index >= 15 is 0 Å². The van der Waals surface area contributed by atoms with Gasteiger partial charge in [-0.15, -0.1) is 0 Å². The fraction of sp³-hybridized carbons (Fsp3) is 0.706. The fourth-order valence-electron chi connectivity index (χ4n) is 2.68. The fourth-order valence-corrected chi connectivity index (χ4v) is 2.68. The molecule has 0 amide bonds. The van der Waals surface area contributed by atoms with Gasteiger partial charge in [-0.2, -0.15) is 0 Å². The minimum Gasteiger partial charge on any atom is -0.381 e. The molecule has 1 fully saturated rings. The molecule has 0 N–H and O–H groups in total. The smallest absolute Gasteiger partial charge is 0.0518 e. The van der Waals surface area contributed by atoms with E-state index in [9.17, 15) is 0 Å². The third kappa shape index (κ3) is 6.55. The first-order valence-corrected chi connectivity index (χ1v) is 8.04. The lowest BCUT2D eigenvalue weighted by atomic mass is 10.1. The molecule has 4 nitrogen and oxygen atoms in total. The topological polar surface area (TPSA) is 34.6 Å². The summed E-state index contributed by atoms with van der Waals surface area (Å²) in [4.78, 5) is 6.62. The standard InChI is InChI=1S/C17H28N2O2/c1-15(2)21-10-3-9-19(13-17-6-11-20-14-17)12-16-4-7-18-8-5-16/h4-5,7-8,15,17H,3,6,9-14H2,1-2H3. The summed E-state index contributed by atoms with van der Waals surface area (Å²) in [5.41, 5.74) is 1.33. The molecule has 0 aliphatic carbocycles. The lowest BCUT2D eigenvalue weighted by Crippen LogP contribution is -2.31. The first kappa shape index (κ1) is 16.4. The van der Waals surface area contributed by atoms with Gasteiger partial charge in [0.25, 0.3) is 0 Å². The molecule has 1 aliphatic rings. The zero-order valence-corrected chi connectivity index (χ0v) is 13.3. The number of nitrogens with zero attached hydrogens (tertiary/aromatic N) is 2. The maximum Gasteiger partial charge on any atom is 0.0518 e. The van der Waals surface area contributed by atoms with Gasteiger partial charge in [0.1, 0.15) is 0 Å². The van der Waals surface area contributed by atoms with Gasteiger partial charge in [-0.25, -0.2) is 0 Å². The van der Waals surface area contributed by atoms with Crippen LogP contribution in [-0.2, 0) is 16.0 Å². The molecule has 0 bridgehead atoms. The van der Waals surface area contributed by atoms with E-state index in [4.69, 9.17) is 9.47 Å². The summed E-state index contributed by atoms with van der Waals surface area (Å²) in [5, 5.41) is 0. The Labute approximate surface area is 128 Å². The van der Waals surface area contributed by atoms with E-state index in [1.54, 1.807) is 0 Å². The van der Waals surface area contributed by atoms with Crippen molar-refractivity contribution in [2.45, 2.75) is 39.3 Å². The maximum absolute atomic E-state index is 5.65. The molecule has 1 aliphatic heterocycles. The van der Waals surface area contributed by atoms with Crippen molar-refractivity contribution in [3.63, 3.8) is 0 Å². The molecule has 1 saturated heterocycles.